The van der Waals surface area contributed by atoms with Gasteiger partial charge in [0.25, 0.3) is 0 Å². The van der Waals surface area contributed by atoms with Gasteiger partial charge in [0.05, 0.1) is 6.61 Å². The third-order valence-electron chi connectivity index (χ3n) is 1.66. The van der Waals surface area contributed by atoms with E-state index in [1.807, 2.05) is 13.8 Å². The summed E-state index contributed by atoms with van der Waals surface area (Å²) in [6, 6.07) is 0. The van der Waals surface area contributed by atoms with Gasteiger partial charge < -0.3 is 19.3 Å². The molecule has 0 atom stereocenters. The van der Waals surface area contributed by atoms with Crippen molar-refractivity contribution < 1.29 is 19.3 Å². The summed E-state index contributed by atoms with van der Waals surface area (Å²) in [7, 11) is 0. The molecule has 0 fully saturated rings. The van der Waals surface area contributed by atoms with Crippen molar-refractivity contribution in [1.29, 1.82) is 0 Å². The van der Waals surface area contributed by atoms with Crippen LogP contribution < -0.4 is 0 Å². The van der Waals surface area contributed by atoms with Crippen LogP contribution in [0, 0.1) is 0 Å². The normalized spacial score (nSPS) is 11.1. The molecule has 0 radical (unpaired) electrons. The van der Waals surface area contributed by atoms with Crippen LogP contribution in [0.4, 0.5) is 0 Å². The van der Waals surface area contributed by atoms with Crippen molar-refractivity contribution in [2.24, 2.45) is 0 Å². The van der Waals surface area contributed by atoms with Gasteiger partial charge in [-0.25, -0.2) is 0 Å². The van der Waals surface area contributed by atoms with Crippen LogP contribution in [0.25, 0.3) is 0 Å². The van der Waals surface area contributed by atoms with E-state index in [4.69, 9.17) is 19.3 Å². The van der Waals surface area contributed by atoms with Crippen LogP contribution >= 0.6 is 0 Å². The van der Waals surface area contributed by atoms with Crippen molar-refractivity contribution in [3.8, 4) is 0 Å². The Hall–Kier alpha value is -0.160. The Balaban J connectivity index is 3.30. The fourth-order valence-electron chi connectivity index (χ4n) is 1.01. The van der Waals surface area contributed by atoms with Gasteiger partial charge >= 0.3 is 0 Å². The van der Waals surface area contributed by atoms with Gasteiger partial charge in [-0.1, -0.05) is 0 Å². The highest BCUT2D eigenvalue weighted by Gasteiger charge is 2.06. The Kier molecular flexibility index (Phi) is 10.8. The topological polar surface area (TPSA) is 47.9 Å². The number of rotatable bonds is 10. The second kappa shape index (κ2) is 10.9. The molecule has 0 aliphatic heterocycles. The highest BCUT2D eigenvalue weighted by molar-refractivity contribution is 4.42. The molecule has 0 aromatic rings. The minimum absolute atomic E-state index is 0.226. The number of unbranched alkanes of at least 4 members (excludes halogenated alkanes) is 1. The molecule has 4 heteroatoms. The second-order valence-corrected chi connectivity index (χ2v) is 2.85. The monoisotopic (exact) mass is 206 g/mol. The SMILES string of the molecule is CCOC(COCCCCO)OCC. The summed E-state index contributed by atoms with van der Waals surface area (Å²) in [5.41, 5.74) is 0. The van der Waals surface area contributed by atoms with Gasteiger partial charge in [0.2, 0.25) is 0 Å². The Labute approximate surface area is 86.2 Å². The molecule has 0 aliphatic rings. The van der Waals surface area contributed by atoms with Crippen molar-refractivity contribution in [3.05, 3.63) is 0 Å². The largest absolute Gasteiger partial charge is 0.396 e. The van der Waals surface area contributed by atoms with E-state index in [2.05, 4.69) is 0 Å². The van der Waals surface area contributed by atoms with Gasteiger partial charge in [-0.05, 0) is 26.7 Å². The smallest absolute Gasteiger partial charge is 0.180 e. The van der Waals surface area contributed by atoms with Gasteiger partial charge in [-0.15, -0.1) is 0 Å². The highest BCUT2D eigenvalue weighted by atomic mass is 16.7. The van der Waals surface area contributed by atoms with Crippen molar-refractivity contribution in [2.45, 2.75) is 33.0 Å². The Morgan fingerprint density at radius 2 is 1.71 bits per heavy atom. The number of hydrogen-bond donors (Lipinski definition) is 1. The van der Waals surface area contributed by atoms with Crippen LogP contribution in [-0.4, -0.2) is 44.4 Å². The third kappa shape index (κ3) is 8.44. The first-order valence-electron chi connectivity index (χ1n) is 5.26. The minimum atomic E-state index is -0.251. The Morgan fingerprint density at radius 3 is 2.21 bits per heavy atom. The minimum Gasteiger partial charge on any atom is -0.396 e. The van der Waals surface area contributed by atoms with Crippen molar-refractivity contribution in [1.82, 2.24) is 0 Å². The average molecular weight is 206 g/mol. The van der Waals surface area contributed by atoms with Gasteiger partial charge in [0.1, 0.15) is 0 Å². The summed E-state index contributed by atoms with van der Waals surface area (Å²) in [6.45, 7) is 6.46. The maximum atomic E-state index is 8.54. The van der Waals surface area contributed by atoms with Gasteiger partial charge in [0.15, 0.2) is 6.29 Å². The lowest BCUT2D eigenvalue weighted by atomic mass is 10.3. The van der Waals surface area contributed by atoms with Crippen LogP contribution in [0.2, 0.25) is 0 Å². The first-order chi connectivity index (χ1) is 6.85. The van der Waals surface area contributed by atoms with E-state index in [0.29, 0.717) is 26.4 Å². The molecule has 0 bridgehead atoms. The first kappa shape index (κ1) is 13.8. The molecule has 0 heterocycles. The van der Waals surface area contributed by atoms with Crippen LogP contribution in [-0.2, 0) is 14.2 Å². The summed E-state index contributed by atoms with van der Waals surface area (Å²) in [6.07, 6.45) is 1.41. The van der Waals surface area contributed by atoms with Crippen molar-refractivity contribution >= 4 is 0 Å². The predicted molar refractivity (Wildman–Crippen MR) is 54.2 cm³/mol. The lowest BCUT2D eigenvalue weighted by Gasteiger charge is -2.16. The molecule has 14 heavy (non-hydrogen) atoms. The molecule has 0 unspecified atom stereocenters. The van der Waals surface area contributed by atoms with E-state index in [1.165, 1.54) is 0 Å². The molecule has 1 N–H and O–H groups in total. The molecule has 0 aromatic carbocycles. The summed E-state index contributed by atoms with van der Waals surface area (Å²) < 4.78 is 15.9. The molecule has 0 aromatic heterocycles. The lowest BCUT2D eigenvalue weighted by Crippen LogP contribution is -2.23. The van der Waals surface area contributed by atoms with E-state index in [-0.39, 0.29) is 12.9 Å². The molecular formula is C10H22O4. The number of ether oxygens (including phenoxy) is 3. The number of aliphatic hydroxyl groups excluding tert-OH is 1. The molecular weight excluding hydrogens is 184 g/mol. The van der Waals surface area contributed by atoms with Crippen LogP contribution in [0.1, 0.15) is 26.7 Å². The van der Waals surface area contributed by atoms with Crippen LogP contribution in [0.15, 0.2) is 0 Å². The Bertz CT molecular complexity index is 102. The summed E-state index contributed by atoms with van der Waals surface area (Å²) in [5, 5.41) is 8.54. The van der Waals surface area contributed by atoms with Crippen molar-refractivity contribution in [3.63, 3.8) is 0 Å². The van der Waals surface area contributed by atoms with Gasteiger partial charge in [0, 0.05) is 26.4 Å². The van der Waals surface area contributed by atoms with Crippen LogP contribution in [0.5, 0.6) is 0 Å². The molecule has 86 valence electrons. The Morgan fingerprint density at radius 1 is 1.07 bits per heavy atom. The zero-order chi connectivity index (χ0) is 10.6. The fourth-order valence-corrected chi connectivity index (χ4v) is 1.01. The number of hydrogen-bond acceptors (Lipinski definition) is 4. The predicted octanol–water partition coefficient (Wildman–Crippen LogP) is 1.17. The quantitative estimate of drug-likeness (QED) is 0.430. The molecule has 0 spiro atoms. The standard InChI is InChI=1S/C10H22O4/c1-3-13-10(14-4-2)9-12-8-6-5-7-11/h10-11H,3-9H2,1-2H3. The van der Waals surface area contributed by atoms with E-state index in [0.717, 1.165) is 12.8 Å². The van der Waals surface area contributed by atoms with Gasteiger partial charge in [-0.2, -0.15) is 0 Å². The lowest BCUT2D eigenvalue weighted by molar-refractivity contribution is -0.167. The first-order valence-corrected chi connectivity index (χ1v) is 5.26. The van der Waals surface area contributed by atoms with E-state index in [9.17, 15) is 0 Å². The van der Waals surface area contributed by atoms with Crippen LogP contribution in [0.3, 0.4) is 0 Å². The molecule has 0 rings (SSSR count). The molecule has 0 saturated heterocycles. The highest BCUT2D eigenvalue weighted by Crippen LogP contribution is 1.97. The zero-order valence-electron chi connectivity index (χ0n) is 9.20. The summed E-state index contributed by atoms with van der Waals surface area (Å²) in [4.78, 5) is 0. The van der Waals surface area contributed by atoms with E-state index < -0.39 is 0 Å². The van der Waals surface area contributed by atoms with Gasteiger partial charge in [-0.3, -0.25) is 0 Å². The average Bonchev–Trinajstić information content (AvgIpc) is 2.18. The summed E-state index contributed by atoms with van der Waals surface area (Å²) >= 11 is 0. The van der Waals surface area contributed by atoms with E-state index >= 15 is 0 Å². The maximum Gasteiger partial charge on any atom is 0.180 e. The molecule has 0 saturated carbocycles. The maximum absolute atomic E-state index is 8.54. The second-order valence-electron chi connectivity index (χ2n) is 2.85. The summed E-state index contributed by atoms with van der Waals surface area (Å²) in [5.74, 6) is 0. The fraction of sp³-hybridized carbons (Fsp3) is 1.00. The molecule has 0 amide bonds. The third-order valence-corrected chi connectivity index (χ3v) is 1.66. The molecule has 0 aliphatic carbocycles. The van der Waals surface area contributed by atoms with E-state index in [1.54, 1.807) is 0 Å². The number of aliphatic hydroxyl groups is 1. The molecule has 4 nitrogen and oxygen atoms in total. The zero-order valence-corrected chi connectivity index (χ0v) is 9.20. The van der Waals surface area contributed by atoms with Crippen molar-refractivity contribution in [2.75, 3.05) is 33.0 Å².